The smallest absolute Gasteiger partial charge is 0.0156 e. The molecular formula is C12H18S. The van der Waals surface area contributed by atoms with Gasteiger partial charge in [-0.2, -0.15) is 12.6 Å². The van der Waals surface area contributed by atoms with E-state index in [1.165, 1.54) is 16.7 Å². The van der Waals surface area contributed by atoms with Crippen LogP contribution in [0, 0.1) is 6.92 Å². The number of thiol groups is 1. The summed E-state index contributed by atoms with van der Waals surface area (Å²) in [5, 5.41) is 0. The van der Waals surface area contributed by atoms with Gasteiger partial charge in [0.15, 0.2) is 0 Å². The van der Waals surface area contributed by atoms with Crippen LogP contribution in [0.25, 0.3) is 0 Å². The summed E-state index contributed by atoms with van der Waals surface area (Å²) in [4.78, 5) is 0. The van der Waals surface area contributed by atoms with Crippen molar-refractivity contribution in [3.63, 3.8) is 0 Å². The topological polar surface area (TPSA) is 0 Å². The number of hydrogen-bond donors (Lipinski definition) is 1. The van der Waals surface area contributed by atoms with E-state index in [0.29, 0.717) is 0 Å². The second kappa shape index (κ2) is 3.75. The molecule has 0 saturated heterocycles. The lowest BCUT2D eigenvalue weighted by atomic mass is 9.85. The standard InChI is InChI=1S/C12H18S/c1-9-5-6-11(12(2,3)4)7-10(9)8-13/h5-7,13H,8H2,1-4H3. The molecule has 0 atom stereocenters. The highest BCUT2D eigenvalue weighted by atomic mass is 32.1. The normalized spacial score (nSPS) is 11.8. The fourth-order valence-corrected chi connectivity index (χ4v) is 1.65. The van der Waals surface area contributed by atoms with Gasteiger partial charge in [-0.05, 0) is 29.0 Å². The van der Waals surface area contributed by atoms with Gasteiger partial charge in [0.05, 0.1) is 0 Å². The summed E-state index contributed by atoms with van der Waals surface area (Å²) in [6, 6.07) is 6.66. The molecule has 0 N–H and O–H groups in total. The molecule has 1 aromatic carbocycles. The average molecular weight is 194 g/mol. The first kappa shape index (κ1) is 10.6. The molecular weight excluding hydrogens is 176 g/mol. The van der Waals surface area contributed by atoms with Crippen molar-refractivity contribution < 1.29 is 0 Å². The molecule has 0 aliphatic heterocycles. The third-order valence-corrected chi connectivity index (χ3v) is 2.73. The van der Waals surface area contributed by atoms with E-state index in [1.54, 1.807) is 0 Å². The second-order valence-electron chi connectivity index (χ2n) is 4.55. The zero-order chi connectivity index (χ0) is 10.1. The van der Waals surface area contributed by atoms with Crippen molar-refractivity contribution in [1.29, 1.82) is 0 Å². The van der Waals surface area contributed by atoms with Crippen LogP contribution in [-0.2, 0) is 11.2 Å². The Labute approximate surface area is 86.8 Å². The molecule has 0 saturated carbocycles. The van der Waals surface area contributed by atoms with Crippen molar-refractivity contribution in [2.24, 2.45) is 0 Å². The summed E-state index contributed by atoms with van der Waals surface area (Å²) in [5.74, 6) is 0.829. The van der Waals surface area contributed by atoms with Gasteiger partial charge in [0.2, 0.25) is 0 Å². The number of benzene rings is 1. The van der Waals surface area contributed by atoms with Crippen LogP contribution in [0.3, 0.4) is 0 Å². The molecule has 0 aromatic heterocycles. The Hall–Kier alpha value is -0.430. The molecule has 1 heteroatoms. The van der Waals surface area contributed by atoms with Crippen molar-refractivity contribution in [3.05, 3.63) is 34.9 Å². The van der Waals surface area contributed by atoms with Crippen molar-refractivity contribution in [3.8, 4) is 0 Å². The predicted molar refractivity (Wildman–Crippen MR) is 62.6 cm³/mol. The molecule has 13 heavy (non-hydrogen) atoms. The maximum Gasteiger partial charge on any atom is 0.0156 e. The van der Waals surface area contributed by atoms with Crippen LogP contribution in [0.15, 0.2) is 18.2 Å². The molecule has 0 amide bonds. The molecule has 0 aliphatic carbocycles. The molecule has 0 fully saturated rings. The zero-order valence-electron chi connectivity index (χ0n) is 8.89. The van der Waals surface area contributed by atoms with Gasteiger partial charge in [-0.3, -0.25) is 0 Å². The first-order chi connectivity index (χ1) is 5.95. The maximum atomic E-state index is 4.32. The second-order valence-corrected chi connectivity index (χ2v) is 4.87. The lowest BCUT2D eigenvalue weighted by Crippen LogP contribution is -2.11. The molecule has 0 spiro atoms. The Morgan fingerprint density at radius 1 is 1.23 bits per heavy atom. The van der Waals surface area contributed by atoms with Crippen molar-refractivity contribution >= 4 is 12.6 Å². The van der Waals surface area contributed by atoms with Crippen LogP contribution < -0.4 is 0 Å². The summed E-state index contributed by atoms with van der Waals surface area (Å²) in [6.07, 6.45) is 0. The van der Waals surface area contributed by atoms with Crippen LogP contribution >= 0.6 is 12.6 Å². The first-order valence-electron chi connectivity index (χ1n) is 4.66. The SMILES string of the molecule is Cc1ccc(C(C)(C)C)cc1CS. The summed E-state index contributed by atoms with van der Waals surface area (Å²) >= 11 is 4.32. The van der Waals surface area contributed by atoms with E-state index in [2.05, 4.69) is 58.5 Å². The highest BCUT2D eigenvalue weighted by molar-refractivity contribution is 7.79. The number of hydrogen-bond acceptors (Lipinski definition) is 1. The molecule has 0 radical (unpaired) electrons. The minimum absolute atomic E-state index is 0.241. The Kier molecular flexibility index (Phi) is 3.07. The molecule has 0 unspecified atom stereocenters. The fraction of sp³-hybridized carbons (Fsp3) is 0.500. The van der Waals surface area contributed by atoms with E-state index in [9.17, 15) is 0 Å². The molecule has 0 nitrogen and oxygen atoms in total. The summed E-state index contributed by atoms with van der Waals surface area (Å²) in [6.45, 7) is 8.85. The van der Waals surface area contributed by atoms with E-state index in [1.807, 2.05) is 0 Å². The van der Waals surface area contributed by atoms with Crippen molar-refractivity contribution in [1.82, 2.24) is 0 Å². The van der Waals surface area contributed by atoms with Gasteiger partial charge in [0.25, 0.3) is 0 Å². The zero-order valence-corrected chi connectivity index (χ0v) is 9.78. The Bertz CT molecular complexity index is 294. The molecule has 0 heterocycles. The molecule has 1 aromatic rings. The molecule has 0 aliphatic rings. The monoisotopic (exact) mass is 194 g/mol. The van der Waals surface area contributed by atoms with Gasteiger partial charge >= 0.3 is 0 Å². The molecule has 1 rings (SSSR count). The number of rotatable bonds is 1. The van der Waals surface area contributed by atoms with E-state index < -0.39 is 0 Å². The van der Waals surface area contributed by atoms with Crippen molar-refractivity contribution in [2.45, 2.75) is 38.9 Å². The molecule has 0 bridgehead atoms. The summed E-state index contributed by atoms with van der Waals surface area (Å²) in [7, 11) is 0. The van der Waals surface area contributed by atoms with E-state index in [0.717, 1.165) is 5.75 Å². The van der Waals surface area contributed by atoms with Crippen LogP contribution in [-0.4, -0.2) is 0 Å². The van der Waals surface area contributed by atoms with Crippen LogP contribution in [0.4, 0.5) is 0 Å². The summed E-state index contributed by atoms with van der Waals surface area (Å²) in [5.41, 5.74) is 4.31. The van der Waals surface area contributed by atoms with Crippen LogP contribution in [0.5, 0.6) is 0 Å². The van der Waals surface area contributed by atoms with E-state index in [4.69, 9.17) is 0 Å². The highest BCUT2D eigenvalue weighted by Gasteiger charge is 2.13. The van der Waals surface area contributed by atoms with Gasteiger partial charge in [-0.1, -0.05) is 39.0 Å². The van der Waals surface area contributed by atoms with Gasteiger partial charge in [-0.25, -0.2) is 0 Å². The number of aryl methyl sites for hydroxylation is 1. The van der Waals surface area contributed by atoms with Gasteiger partial charge < -0.3 is 0 Å². The third-order valence-electron chi connectivity index (χ3n) is 2.39. The van der Waals surface area contributed by atoms with Gasteiger partial charge in [0, 0.05) is 5.75 Å². The van der Waals surface area contributed by atoms with Crippen LogP contribution in [0.1, 0.15) is 37.5 Å². The average Bonchev–Trinajstić information content (AvgIpc) is 2.03. The van der Waals surface area contributed by atoms with Gasteiger partial charge in [0.1, 0.15) is 0 Å². The maximum absolute atomic E-state index is 4.32. The molecule has 72 valence electrons. The van der Waals surface area contributed by atoms with Gasteiger partial charge in [-0.15, -0.1) is 0 Å². The predicted octanol–water partition coefficient (Wildman–Crippen LogP) is 3.72. The van der Waals surface area contributed by atoms with Crippen LogP contribution in [0.2, 0.25) is 0 Å². The van der Waals surface area contributed by atoms with E-state index >= 15 is 0 Å². The Morgan fingerprint density at radius 2 is 1.85 bits per heavy atom. The highest BCUT2D eigenvalue weighted by Crippen LogP contribution is 2.24. The Morgan fingerprint density at radius 3 is 2.31 bits per heavy atom. The first-order valence-corrected chi connectivity index (χ1v) is 5.29. The fourth-order valence-electron chi connectivity index (χ4n) is 1.31. The van der Waals surface area contributed by atoms with E-state index in [-0.39, 0.29) is 5.41 Å². The lowest BCUT2D eigenvalue weighted by molar-refractivity contribution is 0.589. The quantitative estimate of drug-likeness (QED) is 0.647. The summed E-state index contributed by atoms with van der Waals surface area (Å²) < 4.78 is 0. The Balaban J connectivity index is 3.14. The largest absolute Gasteiger partial charge is 0.175 e. The third kappa shape index (κ3) is 2.50. The minimum atomic E-state index is 0.241. The lowest BCUT2D eigenvalue weighted by Gasteiger charge is -2.20. The minimum Gasteiger partial charge on any atom is -0.175 e. The van der Waals surface area contributed by atoms with Crippen molar-refractivity contribution in [2.75, 3.05) is 0 Å².